The number of hydrogen-bond donors (Lipinski definition) is 1. The minimum absolute atomic E-state index is 0.0893. The van der Waals surface area contributed by atoms with Gasteiger partial charge in [0.1, 0.15) is 16.9 Å². The van der Waals surface area contributed by atoms with Gasteiger partial charge in [0, 0.05) is 17.3 Å². The van der Waals surface area contributed by atoms with E-state index in [9.17, 15) is 14.4 Å². The van der Waals surface area contributed by atoms with E-state index in [2.05, 4.69) is 4.98 Å². The van der Waals surface area contributed by atoms with Gasteiger partial charge in [0.2, 0.25) is 0 Å². The molecule has 1 aromatic carbocycles. The summed E-state index contributed by atoms with van der Waals surface area (Å²) in [7, 11) is 1.56. The Hall–Kier alpha value is -2.83. The molecule has 1 aromatic heterocycles. The maximum atomic E-state index is 13.0. The van der Waals surface area contributed by atoms with Crippen LogP contribution in [0.5, 0.6) is 5.75 Å². The molecule has 7 heteroatoms. The molecule has 1 fully saturated rings. The van der Waals surface area contributed by atoms with Crippen LogP contribution in [0.25, 0.3) is 10.9 Å². The minimum atomic E-state index is -1.28. The van der Waals surface area contributed by atoms with Crippen molar-refractivity contribution in [1.29, 1.82) is 0 Å². The van der Waals surface area contributed by atoms with Crippen molar-refractivity contribution in [3.05, 3.63) is 29.5 Å². The average Bonchev–Trinajstić information content (AvgIpc) is 3.07. The number of ether oxygens (including phenoxy) is 3. The quantitative estimate of drug-likeness (QED) is 0.563. The van der Waals surface area contributed by atoms with Crippen LogP contribution in [0.2, 0.25) is 0 Å². The Morgan fingerprint density at radius 3 is 2.55 bits per heavy atom. The van der Waals surface area contributed by atoms with E-state index in [1.165, 1.54) is 0 Å². The van der Waals surface area contributed by atoms with E-state index in [0.717, 1.165) is 18.2 Å². The number of benzene rings is 1. The van der Waals surface area contributed by atoms with Crippen molar-refractivity contribution in [2.75, 3.05) is 20.3 Å². The fraction of sp³-hybridized carbons (Fsp3) is 0.500. The zero-order valence-electron chi connectivity index (χ0n) is 17.1. The van der Waals surface area contributed by atoms with Crippen molar-refractivity contribution < 1.29 is 28.6 Å². The van der Waals surface area contributed by atoms with Gasteiger partial charge in [0.25, 0.3) is 0 Å². The molecule has 0 bridgehead atoms. The van der Waals surface area contributed by atoms with Crippen LogP contribution in [-0.2, 0) is 25.5 Å². The number of ketones is 1. The van der Waals surface area contributed by atoms with Crippen LogP contribution in [-0.4, -0.2) is 43.0 Å². The lowest BCUT2D eigenvalue weighted by Crippen LogP contribution is -2.45. The maximum absolute atomic E-state index is 13.0. The summed E-state index contributed by atoms with van der Waals surface area (Å²) >= 11 is 0. The Bertz CT molecular complexity index is 931. The molecule has 156 valence electrons. The van der Waals surface area contributed by atoms with Crippen molar-refractivity contribution >= 4 is 28.6 Å². The lowest BCUT2D eigenvalue weighted by atomic mass is 9.69. The van der Waals surface area contributed by atoms with E-state index in [0.29, 0.717) is 29.7 Å². The molecule has 1 atom stereocenters. The van der Waals surface area contributed by atoms with E-state index < -0.39 is 17.4 Å². The second kappa shape index (κ2) is 8.68. The zero-order valence-corrected chi connectivity index (χ0v) is 17.1. The molecule has 0 radical (unpaired) electrons. The van der Waals surface area contributed by atoms with Gasteiger partial charge in [0.15, 0.2) is 5.78 Å². The number of esters is 2. The van der Waals surface area contributed by atoms with Gasteiger partial charge in [-0.15, -0.1) is 0 Å². The first-order valence-electron chi connectivity index (χ1n) is 10.0. The summed E-state index contributed by atoms with van der Waals surface area (Å²) in [6, 6.07) is 5.39. The average molecular weight is 401 g/mol. The van der Waals surface area contributed by atoms with Crippen molar-refractivity contribution in [2.24, 2.45) is 5.41 Å². The predicted molar refractivity (Wildman–Crippen MR) is 107 cm³/mol. The van der Waals surface area contributed by atoms with Crippen LogP contribution >= 0.6 is 0 Å². The monoisotopic (exact) mass is 401 g/mol. The number of Topliss-reactive ketones (excluding diaryl/α,β-unsaturated/α-hetero) is 1. The summed E-state index contributed by atoms with van der Waals surface area (Å²) in [6.07, 6.45) is 2.34. The summed E-state index contributed by atoms with van der Waals surface area (Å²) in [4.78, 5) is 41.6. The first kappa shape index (κ1) is 20.9. The second-order valence-electron chi connectivity index (χ2n) is 7.22. The molecule has 3 rings (SSSR count). The summed E-state index contributed by atoms with van der Waals surface area (Å²) in [5, 5.41) is 0.731. The normalized spacial score (nSPS) is 19.2. The van der Waals surface area contributed by atoms with Crippen molar-refractivity contribution in [2.45, 2.75) is 46.0 Å². The van der Waals surface area contributed by atoms with E-state index in [1.807, 2.05) is 0 Å². The third-order valence-electron chi connectivity index (χ3n) is 5.53. The summed E-state index contributed by atoms with van der Waals surface area (Å²) in [5.41, 5.74) is 0.275. The largest absolute Gasteiger partial charge is 0.497 e. The summed E-state index contributed by atoms with van der Waals surface area (Å²) < 4.78 is 15.8. The first-order valence-corrected chi connectivity index (χ1v) is 10.0. The zero-order chi connectivity index (χ0) is 21.0. The van der Waals surface area contributed by atoms with E-state index >= 15 is 0 Å². The van der Waals surface area contributed by atoms with Gasteiger partial charge in [-0.25, -0.2) is 4.79 Å². The molecule has 1 aliphatic rings. The molecule has 0 spiro atoms. The molecule has 29 heavy (non-hydrogen) atoms. The molecule has 1 saturated carbocycles. The van der Waals surface area contributed by atoms with Crippen molar-refractivity contribution in [3.63, 3.8) is 0 Å². The third-order valence-corrected chi connectivity index (χ3v) is 5.53. The van der Waals surface area contributed by atoms with Crippen LogP contribution in [0.1, 0.15) is 55.6 Å². The Labute approximate surface area is 169 Å². The highest BCUT2D eigenvalue weighted by molar-refractivity contribution is 6.06. The van der Waals surface area contributed by atoms with Crippen LogP contribution in [0.3, 0.4) is 0 Å². The van der Waals surface area contributed by atoms with Gasteiger partial charge in [0.05, 0.1) is 20.3 Å². The smallest absolute Gasteiger partial charge is 0.355 e. The summed E-state index contributed by atoms with van der Waals surface area (Å²) in [6.45, 7) is 3.87. The van der Waals surface area contributed by atoms with Crippen LogP contribution in [0.15, 0.2) is 18.2 Å². The number of hydrogen-bond acceptors (Lipinski definition) is 6. The number of H-pyrrole nitrogens is 1. The van der Waals surface area contributed by atoms with Gasteiger partial charge >= 0.3 is 11.9 Å². The first-order chi connectivity index (χ1) is 14.0. The number of nitrogens with one attached hydrogen (secondary N) is 1. The van der Waals surface area contributed by atoms with Gasteiger partial charge in [-0.2, -0.15) is 0 Å². The molecule has 0 saturated heterocycles. The topological polar surface area (TPSA) is 94.7 Å². The van der Waals surface area contributed by atoms with E-state index in [1.54, 1.807) is 39.2 Å². The highest BCUT2D eigenvalue weighted by Gasteiger charge is 2.49. The Morgan fingerprint density at radius 1 is 1.14 bits per heavy atom. The molecule has 0 amide bonds. The highest BCUT2D eigenvalue weighted by Crippen LogP contribution is 2.41. The lowest BCUT2D eigenvalue weighted by Gasteiger charge is -2.33. The van der Waals surface area contributed by atoms with Crippen LogP contribution in [0.4, 0.5) is 0 Å². The number of aromatic nitrogens is 1. The van der Waals surface area contributed by atoms with Crippen LogP contribution < -0.4 is 4.74 Å². The SMILES string of the molecule is CCOC(=O)c1[nH]c2ccc(OC)cc2c1CC1(C(=O)OCC)CCCCC1=O. The number of carbonyl (C=O) groups is 3. The highest BCUT2D eigenvalue weighted by atomic mass is 16.5. The van der Waals surface area contributed by atoms with Gasteiger partial charge in [-0.05, 0) is 56.9 Å². The predicted octanol–water partition coefficient (Wildman–Crippen LogP) is 3.59. The van der Waals surface area contributed by atoms with E-state index in [-0.39, 0.29) is 31.1 Å². The standard InChI is InChI=1S/C22H27NO6/c1-4-28-20(25)19-16(15-12-14(27-3)9-10-17(15)23-19)13-22(21(26)29-5-2)11-7-6-8-18(22)24/h9-10,12,23H,4-8,11,13H2,1-3H3. The number of methoxy groups -OCH3 is 1. The third kappa shape index (κ3) is 3.86. The van der Waals surface area contributed by atoms with Gasteiger partial charge in [-0.1, -0.05) is 6.42 Å². The molecule has 7 nitrogen and oxygen atoms in total. The molecule has 1 N–H and O–H groups in total. The van der Waals surface area contributed by atoms with Gasteiger partial charge in [-0.3, -0.25) is 9.59 Å². The number of aromatic amines is 1. The maximum Gasteiger partial charge on any atom is 0.355 e. The Balaban J connectivity index is 2.16. The molecular weight excluding hydrogens is 374 g/mol. The Morgan fingerprint density at radius 2 is 1.90 bits per heavy atom. The molecule has 1 heterocycles. The van der Waals surface area contributed by atoms with Gasteiger partial charge < -0.3 is 19.2 Å². The number of fused-ring (bicyclic) bond motifs is 1. The van der Waals surface area contributed by atoms with Crippen molar-refractivity contribution in [1.82, 2.24) is 4.98 Å². The molecule has 2 aromatic rings. The fourth-order valence-electron chi connectivity index (χ4n) is 4.05. The number of rotatable bonds is 7. The molecular formula is C22H27NO6. The fourth-order valence-corrected chi connectivity index (χ4v) is 4.05. The molecule has 0 aliphatic heterocycles. The summed E-state index contributed by atoms with van der Waals surface area (Å²) in [5.74, 6) is -0.542. The Kier molecular flexibility index (Phi) is 6.25. The van der Waals surface area contributed by atoms with Crippen LogP contribution in [0, 0.1) is 5.41 Å². The van der Waals surface area contributed by atoms with E-state index in [4.69, 9.17) is 14.2 Å². The minimum Gasteiger partial charge on any atom is -0.497 e. The molecule has 1 unspecified atom stereocenters. The van der Waals surface area contributed by atoms with Crippen molar-refractivity contribution in [3.8, 4) is 5.75 Å². The number of carbonyl (C=O) groups excluding carboxylic acids is 3. The molecule has 1 aliphatic carbocycles. The lowest BCUT2D eigenvalue weighted by molar-refractivity contribution is -0.162. The second-order valence-corrected chi connectivity index (χ2v) is 7.22.